The second-order valence-corrected chi connectivity index (χ2v) is 6.85. The first kappa shape index (κ1) is 15.1. The van der Waals surface area contributed by atoms with Crippen LogP contribution in [0.5, 0.6) is 0 Å². The minimum Gasteiger partial charge on any atom is -0.389 e. The summed E-state index contributed by atoms with van der Waals surface area (Å²) in [6, 6.07) is 9.37. The maximum atomic E-state index is 11.7. The van der Waals surface area contributed by atoms with Crippen molar-refractivity contribution in [2.75, 3.05) is 12.8 Å². The lowest BCUT2D eigenvalue weighted by molar-refractivity contribution is 0.0357. The maximum absolute atomic E-state index is 11.7. The van der Waals surface area contributed by atoms with E-state index in [1.54, 1.807) is 6.92 Å². The van der Waals surface area contributed by atoms with Crippen LogP contribution in [-0.2, 0) is 16.6 Å². The zero-order valence-electron chi connectivity index (χ0n) is 11.1. The number of hydrogen-bond donors (Lipinski definition) is 1. The fourth-order valence-corrected chi connectivity index (χ4v) is 2.47. The van der Waals surface area contributed by atoms with Gasteiger partial charge in [0.2, 0.25) is 10.0 Å². The Kier molecular flexibility index (Phi) is 4.90. The molecule has 5 heteroatoms. The molecular formula is C13H21NO3S. The Morgan fingerprint density at radius 3 is 2.28 bits per heavy atom. The highest BCUT2D eigenvalue weighted by atomic mass is 32.2. The summed E-state index contributed by atoms with van der Waals surface area (Å²) in [4.78, 5) is 0. The minimum absolute atomic E-state index is 0.108. The van der Waals surface area contributed by atoms with Crippen LogP contribution in [0.4, 0.5) is 0 Å². The highest BCUT2D eigenvalue weighted by molar-refractivity contribution is 7.88. The van der Waals surface area contributed by atoms with Gasteiger partial charge in [-0.3, -0.25) is 0 Å². The first-order valence-electron chi connectivity index (χ1n) is 5.96. The Hall–Kier alpha value is -0.910. The van der Waals surface area contributed by atoms with Gasteiger partial charge in [-0.05, 0) is 18.9 Å². The van der Waals surface area contributed by atoms with Crippen LogP contribution in [0.25, 0.3) is 0 Å². The van der Waals surface area contributed by atoms with E-state index in [-0.39, 0.29) is 13.1 Å². The van der Waals surface area contributed by atoms with Gasteiger partial charge in [0.25, 0.3) is 0 Å². The van der Waals surface area contributed by atoms with Gasteiger partial charge in [0, 0.05) is 13.1 Å². The zero-order valence-corrected chi connectivity index (χ0v) is 11.9. The van der Waals surface area contributed by atoms with Crippen LogP contribution in [0.2, 0.25) is 0 Å². The molecule has 1 rings (SSSR count). The SMILES string of the molecule is CCC(C)(O)CN(Cc1ccccc1)S(C)(=O)=O. The van der Waals surface area contributed by atoms with E-state index in [9.17, 15) is 13.5 Å². The smallest absolute Gasteiger partial charge is 0.211 e. The summed E-state index contributed by atoms with van der Waals surface area (Å²) in [5, 5.41) is 10.0. The third-order valence-corrected chi connectivity index (χ3v) is 4.15. The van der Waals surface area contributed by atoms with Crippen molar-refractivity contribution in [3.63, 3.8) is 0 Å². The fraction of sp³-hybridized carbons (Fsp3) is 0.538. The van der Waals surface area contributed by atoms with Gasteiger partial charge in [-0.15, -0.1) is 0 Å². The largest absolute Gasteiger partial charge is 0.389 e. The molecule has 1 aromatic rings. The van der Waals surface area contributed by atoms with Gasteiger partial charge < -0.3 is 5.11 Å². The topological polar surface area (TPSA) is 57.6 Å². The van der Waals surface area contributed by atoms with Crippen LogP contribution >= 0.6 is 0 Å². The average molecular weight is 271 g/mol. The van der Waals surface area contributed by atoms with Crippen molar-refractivity contribution in [2.45, 2.75) is 32.4 Å². The maximum Gasteiger partial charge on any atom is 0.211 e. The van der Waals surface area contributed by atoms with Crippen molar-refractivity contribution < 1.29 is 13.5 Å². The molecule has 4 nitrogen and oxygen atoms in total. The van der Waals surface area contributed by atoms with Crippen molar-refractivity contribution >= 4 is 10.0 Å². The molecule has 0 heterocycles. The van der Waals surface area contributed by atoms with Crippen LogP contribution < -0.4 is 0 Å². The van der Waals surface area contributed by atoms with Crippen LogP contribution in [0.15, 0.2) is 30.3 Å². The monoisotopic (exact) mass is 271 g/mol. The molecular weight excluding hydrogens is 250 g/mol. The molecule has 0 saturated carbocycles. The predicted octanol–water partition coefficient (Wildman–Crippen LogP) is 1.61. The Labute approximate surface area is 109 Å². The van der Waals surface area contributed by atoms with Gasteiger partial charge in [0.1, 0.15) is 0 Å². The third-order valence-electron chi connectivity index (χ3n) is 2.95. The number of sulfonamides is 1. The first-order chi connectivity index (χ1) is 8.24. The molecule has 0 fully saturated rings. The number of aliphatic hydroxyl groups is 1. The van der Waals surface area contributed by atoms with E-state index in [0.717, 1.165) is 5.56 Å². The number of benzene rings is 1. The van der Waals surface area contributed by atoms with Crippen LogP contribution in [-0.4, -0.2) is 36.2 Å². The Morgan fingerprint density at radius 1 is 1.28 bits per heavy atom. The Balaban J connectivity index is 2.88. The Morgan fingerprint density at radius 2 is 1.83 bits per heavy atom. The second kappa shape index (κ2) is 5.82. The lowest BCUT2D eigenvalue weighted by Gasteiger charge is -2.29. The number of nitrogens with zero attached hydrogens (tertiary/aromatic N) is 1. The summed E-state index contributed by atoms with van der Waals surface area (Å²) in [5.74, 6) is 0. The van der Waals surface area contributed by atoms with E-state index in [4.69, 9.17) is 0 Å². The molecule has 102 valence electrons. The fourth-order valence-electron chi connectivity index (χ4n) is 1.57. The number of rotatable bonds is 6. The molecule has 1 aromatic carbocycles. The predicted molar refractivity (Wildman–Crippen MR) is 72.6 cm³/mol. The highest BCUT2D eigenvalue weighted by Crippen LogP contribution is 2.16. The molecule has 0 aromatic heterocycles. The van der Waals surface area contributed by atoms with Gasteiger partial charge in [-0.2, -0.15) is 4.31 Å². The molecule has 18 heavy (non-hydrogen) atoms. The molecule has 0 aliphatic rings. The molecule has 0 saturated heterocycles. The normalized spacial score (nSPS) is 15.6. The van der Waals surface area contributed by atoms with Crippen LogP contribution in [0, 0.1) is 0 Å². The molecule has 1 atom stereocenters. The molecule has 0 radical (unpaired) electrons. The summed E-state index contributed by atoms with van der Waals surface area (Å²) >= 11 is 0. The highest BCUT2D eigenvalue weighted by Gasteiger charge is 2.27. The van der Waals surface area contributed by atoms with Crippen molar-refractivity contribution in [3.8, 4) is 0 Å². The van der Waals surface area contributed by atoms with Crippen molar-refractivity contribution in [1.82, 2.24) is 4.31 Å². The van der Waals surface area contributed by atoms with E-state index in [0.29, 0.717) is 6.42 Å². The standard InChI is InChI=1S/C13H21NO3S/c1-4-13(2,15)11-14(18(3,16)17)10-12-8-6-5-7-9-12/h5-9,15H,4,10-11H2,1-3H3. The van der Waals surface area contributed by atoms with Gasteiger partial charge in [-0.25, -0.2) is 8.42 Å². The summed E-state index contributed by atoms with van der Waals surface area (Å²) in [6.45, 7) is 3.88. The lowest BCUT2D eigenvalue weighted by atomic mass is 10.0. The average Bonchev–Trinajstić information content (AvgIpc) is 2.28. The quantitative estimate of drug-likeness (QED) is 0.855. The summed E-state index contributed by atoms with van der Waals surface area (Å²) in [5.41, 5.74) is -0.0902. The van der Waals surface area contributed by atoms with Crippen molar-refractivity contribution in [3.05, 3.63) is 35.9 Å². The minimum atomic E-state index is -3.33. The van der Waals surface area contributed by atoms with E-state index in [2.05, 4.69) is 0 Å². The lowest BCUT2D eigenvalue weighted by Crippen LogP contribution is -2.42. The molecule has 1 unspecified atom stereocenters. The molecule has 0 bridgehead atoms. The van der Waals surface area contributed by atoms with Gasteiger partial charge >= 0.3 is 0 Å². The molecule has 0 amide bonds. The van der Waals surface area contributed by atoms with E-state index >= 15 is 0 Å². The number of hydrogen-bond acceptors (Lipinski definition) is 3. The summed E-state index contributed by atoms with van der Waals surface area (Å²) in [6.07, 6.45) is 1.68. The van der Waals surface area contributed by atoms with E-state index in [1.807, 2.05) is 37.3 Å². The second-order valence-electron chi connectivity index (χ2n) is 4.87. The zero-order chi connectivity index (χ0) is 13.8. The summed E-state index contributed by atoms with van der Waals surface area (Å²) < 4.78 is 24.8. The molecule has 0 aliphatic heterocycles. The Bertz CT molecular complexity index is 468. The summed E-state index contributed by atoms with van der Waals surface area (Å²) in [7, 11) is -3.33. The first-order valence-corrected chi connectivity index (χ1v) is 7.81. The van der Waals surface area contributed by atoms with Crippen molar-refractivity contribution in [2.24, 2.45) is 0 Å². The van der Waals surface area contributed by atoms with Gasteiger partial charge in [-0.1, -0.05) is 37.3 Å². The van der Waals surface area contributed by atoms with E-state index in [1.165, 1.54) is 10.6 Å². The van der Waals surface area contributed by atoms with Gasteiger partial charge in [0.05, 0.1) is 11.9 Å². The van der Waals surface area contributed by atoms with Crippen LogP contribution in [0.3, 0.4) is 0 Å². The van der Waals surface area contributed by atoms with E-state index < -0.39 is 15.6 Å². The van der Waals surface area contributed by atoms with Crippen molar-refractivity contribution in [1.29, 1.82) is 0 Å². The van der Waals surface area contributed by atoms with Gasteiger partial charge in [0.15, 0.2) is 0 Å². The third kappa shape index (κ3) is 4.76. The molecule has 0 aliphatic carbocycles. The molecule has 1 N–H and O–H groups in total. The molecule has 0 spiro atoms. The van der Waals surface area contributed by atoms with Crippen LogP contribution in [0.1, 0.15) is 25.8 Å².